The summed E-state index contributed by atoms with van der Waals surface area (Å²) in [5.41, 5.74) is 0. The van der Waals surface area contributed by atoms with Crippen LogP contribution in [-0.2, 0) is 0 Å². The van der Waals surface area contributed by atoms with Gasteiger partial charge in [0, 0.05) is 6.04 Å². The lowest BCUT2D eigenvalue weighted by Gasteiger charge is -2.31. The fraction of sp³-hybridized carbons (Fsp3) is 1.00. The van der Waals surface area contributed by atoms with Crippen molar-refractivity contribution in [3.8, 4) is 0 Å². The summed E-state index contributed by atoms with van der Waals surface area (Å²) in [6.45, 7) is 8.27. The lowest BCUT2D eigenvalue weighted by atomic mass is 9.82. The molecule has 0 spiro atoms. The molecule has 0 heterocycles. The van der Waals surface area contributed by atoms with Crippen LogP contribution in [0.2, 0.25) is 0 Å². The highest BCUT2D eigenvalue weighted by Crippen LogP contribution is 2.28. The first-order chi connectivity index (χ1) is 8.81. The van der Waals surface area contributed by atoms with Gasteiger partial charge in [0.2, 0.25) is 0 Å². The molecule has 108 valence electrons. The third-order valence-electron chi connectivity index (χ3n) is 4.87. The maximum atomic E-state index is 3.90. The predicted octanol–water partition coefficient (Wildman–Crippen LogP) is 5.15. The summed E-state index contributed by atoms with van der Waals surface area (Å²) in [7, 11) is 0. The summed E-state index contributed by atoms with van der Waals surface area (Å²) in [5, 5.41) is 3.90. The third-order valence-corrected chi connectivity index (χ3v) is 4.87. The zero-order valence-corrected chi connectivity index (χ0v) is 13.0. The Kier molecular flexibility index (Phi) is 8.75. The Morgan fingerprint density at radius 2 is 1.72 bits per heavy atom. The smallest absolute Gasteiger partial charge is 0.00928 e. The van der Waals surface area contributed by atoms with Gasteiger partial charge in [-0.1, -0.05) is 59.3 Å². The monoisotopic (exact) mass is 253 g/mol. The molecule has 0 radical (unpaired) electrons. The van der Waals surface area contributed by atoms with Crippen molar-refractivity contribution in [2.75, 3.05) is 6.54 Å². The van der Waals surface area contributed by atoms with Crippen molar-refractivity contribution in [2.24, 2.45) is 11.8 Å². The summed E-state index contributed by atoms with van der Waals surface area (Å²) in [6, 6.07) is 0.793. The first-order valence-corrected chi connectivity index (χ1v) is 8.55. The van der Waals surface area contributed by atoms with E-state index in [1.54, 1.807) is 0 Å². The fourth-order valence-electron chi connectivity index (χ4n) is 3.44. The molecule has 2 atom stereocenters. The second-order valence-corrected chi connectivity index (χ2v) is 6.24. The quantitative estimate of drug-likeness (QED) is 0.599. The molecule has 1 saturated carbocycles. The van der Waals surface area contributed by atoms with Crippen LogP contribution in [0.1, 0.15) is 85.0 Å². The zero-order valence-electron chi connectivity index (χ0n) is 13.0. The van der Waals surface area contributed by atoms with E-state index in [1.165, 1.54) is 70.8 Å². The highest BCUT2D eigenvalue weighted by Gasteiger charge is 2.22. The van der Waals surface area contributed by atoms with Crippen molar-refractivity contribution in [3.05, 3.63) is 0 Å². The summed E-state index contributed by atoms with van der Waals surface area (Å²) < 4.78 is 0. The summed E-state index contributed by atoms with van der Waals surface area (Å²) >= 11 is 0. The predicted molar refractivity (Wildman–Crippen MR) is 82.0 cm³/mol. The maximum absolute atomic E-state index is 3.90. The highest BCUT2D eigenvalue weighted by atomic mass is 14.9. The molecule has 1 nitrogen and oxygen atoms in total. The van der Waals surface area contributed by atoms with Gasteiger partial charge < -0.3 is 5.32 Å². The maximum Gasteiger partial charge on any atom is 0.00928 e. The normalized spacial score (nSPS) is 20.8. The fourth-order valence-corrected chi connectivity index (χ4v) is 3.44. The first-order valence-electron chi connectivity index (χ1n) is 8.55. The topological polar surface area (TPSA) is 12.0 Å². The molecule has 0 aliphatic heterocycles. The molecule has 18 heavy (non-hydrogen) atoms. The minimum absolute atomic E-state index is 0.793. The number of rotatable bonds is 9. The lowest BCUT2D eigenvalue weighted by molar-refractivity contribution is 0.249. The van der Waals surface area contributed by atoms with E-state index in [0.717, 1.165) is 17.9 Å². The van der Waals surface area contributed by atoms with Crippen LogP contribution in [0, 0.1) is 11.8 Å². The second-order valence-electron chi connectivity index (χ2n) is 6.24. The molecule has 1 N–H and O–H groups in total. The molecule has 1 fully saturated rings. The lowest BCUT2D eigenvalue weighted by Crippen LogP contribution is -2.39. The minimum atomic E-state index is 0.793. The van der Waals surface area contributed by atoms with Crippen LogP contribution in [0.3, 0.4) is 0 Å². The van der Waals surface area contributed by atoms with Crippen LogP contribution < -0.4 is 5.32 Å². The van der Waals surface area contributed by atoms with Gasteiger partial charge in [0.05, 0.1) is 0 Å². The van der Waals surface area contributed by atoms with E-state index in [9.17, 15) is 0 Å². The van der Waals surface area contributed by atoms with Crippen molar-refractivity contribution in [1.82, 2.24) is 5.32 Å². The molecule has 1 rings (SSSR count). The van der Waals surface area contributed by atoms with Gasteiger partial charge in [0.25, 0.3) is 0 Å². The molecule has 1 aliphatic rings. The highest BCUT2D eigenvalue weighted by molar-refractivity contribution is 4.79. The molecule has 1 heteroatoms. The molecule has 0 aromatic carbocycles. The van der Waals surface area contributed by atoms with Gasteiger partial charge in [-0.05, 0) is 44.1 Å². The zero-order chi connectivity index (χ0) is 13.2. The number of hydrogen-bond donors (Lipinski definition) is 1. The second kappa shape index (κ2) is 9.83. The first kappa shape index (κ1) is 16.0. The number of hydrogen-bond acceptors (Lipinski definition) is 1. The average Bonchev–Trinajstić information content (AvgIpc) is 2.44. The molecule has 0 aromatic rings. The van der Waals surface area contributed by atoms with Crippen LogP contribution in [-0.4, -0.2) is 12.6 Å². The molecular weight excluding hydrogens is 218 g/mol. The molecule has 0 aromatic heterocycles. The van der Waals surface area contributed by atoms with Gasteiger partial charge in [-0.2, -0.15) is 0 Å². The van der Waals surface area contributed by atoms with Crippen LogP contribution in [0.4, 0.5) is 0 Å². The van der Waals surface area contributed by atoms with Crippen molar-refractivity contribution >= 4 is 0 Å². The Balaban J connectivity index is 2.27. The SMILES string of the molecule is CCCCC(CC)CNC(CC)C1CCCCC1. The van der Waals surface area contributed by atoms with Crippen molar-refractivity contribution < 1.29 is 0 Å². The Morgan fingerprint density at radius 1 is 1.00 bits per heavy atom. The summed E-state index contributed by atoms with van der Waals surface area (Å²) in [5.74, 6) is 1.87. The average molecular weight is 253 g/mol. The van der Waals surface area contributed by atoms with E-state index >= 15 is 0 Å². The number of nitrogens with one attached hydrogen (secondary N) is 1. The van der Waals surface area contributed by atoms with Gasteiger partial charge in [-0.15, -0.1) is 0 Å². The van der Waals surface area contributed by atoms with Gasteiger partial charge in [0.15, 0.2) is 0 Å². The van der Waals surface area contributed by atoms with Gasteiger partial charge in [-0.25, -0.2) is 0 Å². The molecule has 1 aliphatic carbocycles. The summed E-state index contributed by atoms with van der Waals surface area (Å²) in [4.78, 5) is 0. The van der Waals surface area contributed by atoms with E-state index in [4.69, 9.17) is 0 Å². The molecule has 0 amide bonds. The third kappa shape index (κ3) is 5.73. The standard InChI is InChI=1S/C17H35N/c1-4-7-11-15(5-2)14-18-17(6-3)16-12-9-8-10-13-16/h15-18H,4-14H2,1-3H3. The largest absolute Gasteiger partial charge is 0.313 e. The minimum Gasteiger partial charge on any atom is -0.313 e. The van der Waals surface area contributed by atoms with E-state index in [1.807, 2.05) is 0 Å². The molecule has 2 unspecified atom stereocenters. The van der Waals surface area contributed by atoms with Gasteiger partial charge >= 0.3 is 0 Å². The van der Waals surface area contributed by atoms with Crippen LogP contribution in [0.15, 0.2) is 0 Å². The molecule has 0 saturated heterocycles. The van der Waals surface area contributed by atoms with Crippen LogP contribution in [0.5, 0.6) is 0 Å². The summed E-state index contributed by atoms with van der Waals surface area (Å²) in [6.07, 6.45) is 14.2. The Bertz CT molecular complexity index is 184. The van der Waals surface area contributed by atoms with E-state index < -0.39 is 0 Å². The van der Waals surface area contributed by atoms with E-state index in [0.29, 0.717) is 0 Å². The Hall–Kier alpha value is -0.0400. The van der Waals surface area contributed by atoms with E-state index in [-0.39, 0.29) is 0 Å². The molecule has 0 bridgehead atoms. The Labute approximate surface area is 115 Å². The van der Waals surface area contributed by atoms with Crippen molar-refractivity contribution in [1.29, 1.82) is 0 Å². The van der Waals surface area contributed by atoms with Crippen LogP contribution in [0.25, 0.3) is 0 Å². The van der Waals surface area contributed by atoms with Gasteiger partial charge in [-0.3, -0.25) is 0 Å². The van der Waals surface area contributed by atoms with Crippen LogP contribution >= 0.6 is 0 Å². The number of unbranched alkanes of at least 4 members (excludes halogenated alkanes) is 1. The van der Waals surface area contributed by atoms with Crippen molar-refractivity contribution in [2.45, 2.75) is 91.0 Å². The molecular formula is C17H35N. The van der Waals surface area contributed by atoms with Gasteiger partial charge in [0.1, 0.15) is 0 Å². The Morgan fingerprint density at radius 3 is 2.28 bits per heavy atom. The van der Waals surface area contributed by atoms with Crippen molar-refractivity contribution in [3.63, 3.8) is 0 Å². The van der Waals surface area contributed by atoms with E-state index in [2.05, 4.69) is 26.1 Å².